The minimum Gasteiger partial charge on any atom is -0.480 e. The van der Waals surface area contributed by atoms with E-state index in [2.05, 4.69) is 5.32 Å². The first kappa shape index (κ1) is 9.94. The van der Waals surface area contributed by atoms with E-state index in [0.717, 1.165) is 0 Å². The van der Waals surface area contributed by atoms with Crippen molar-refractivity contribution in [1.82, 2.24) is 5.32 Å². The highest BCUT2D eigenvalue weighted by Gasteiger charge is 2.15. The molecular formula is C7H13NO3. The molecule has 0 rings (SSSR count). The second-order valence-corrected chi connectivity index (χ2v) is 2.22. The van der Waals surface area contributed by atoms with Crippen molar-refractivity contribution in [3.8, 4) is 0 Å². The van der Waals surface area contributed by atoms with Crippen molar-refractivity contribution in [1.29, 1.82) is 0 Å². The van der Waals surface area contributed by atoms with Crippen molar-refractivity contribution in [2.75, 3.05) is 0 Å². The number of rotatable bonds is 4. The Labute approximate surface area is 65.6 Å². The quantitative estimate of drug-likeness (QED) is 0.623. The molecule has 0 aliphatic carbocycles. The third kappa shape index (κ3) is 3.60. The van der Waals surface area contributed by atoms with Crippen molar-refractivity contribution in [3.63, 3.8) is 0 Å². The van der Waals surface area contributed by atoms with Gasteiger partial charge >= 0.3 is 5.97 Å². The molecule has 2 N–H and O–H groups in total. The molecule has 0 aromatic carbocycles. The monoisotopic (exact) mass is 159 g/mol. The molecular weight excluding hydrogens is 146 g/mol. The number of nitrogens with one attached hydrogen (secondary N) is 1. The van der Waals surface area contributed by atoms with E-state index in [4.69, 9.17) is 5.11 Å². The molecule has 0 saturated carbocycles. The van der Waals surface area contributed by atoms with E-state index >= 15 is 0 Å². The molecule has 0 heterocycles. The molecule has 0 radical (unpaired) electrons. The summed E-state index contributed by atoms with van der Waals surface area (Å²) in [6.45, 7) is 3.40. The lowest BCUT2D eigenvalue weighted by Gasteiger charge is -2.10. The van der Waals surface area contributed by atoms with Crippen LogP contribution in [-0.2, 0) is 9.59 Å². The average molecular weight is 159 g/mol. The number of carboxylic acids is 1. The fourth-order valence-corrected chi connectivity index (χ4v) is 0.635. The van der Waals surface area contributed by atoms with Crippen LogP contribution in [0.1, 0.15) is 26.7 Å². The molecule has 1 atom stereocenters. The Balaban J connectivity index is 3.88. The van der Waals surface area contributed by atoms with E-state index < -0.39 is 12.0 Å². The smallest absolute Gasteiger partial charge is 0.326 e. The Morgan fingerprint density at radius 1 is 1.45 bits per heavy atom. The maximum atomic E-state index is 10.7. The molecule has 0 aliphatic rings. The Morgan fingerprint density at radius 2 is 2.00 bits per heavy atom. The van der Waals surface area contributed by atoms with E-state index in [9.17, 15) is 9.59 Å². The van der Waals surface area contributed by atoms with Crippen LogP contribution in [0.3, 0.4) is 0 Å². The number of carbonyl (C=O) groups is 2. The lowest BCUT2D eigenvalue weighted by Crippen LogP contribution is -2.39. The zero-order chi connectivity index (χ0) is 8.85. The van der Waals surface area contributed by atoms with E-state index in [1.807, 2.05) is 0 Å². The standard InChI is InChI=1S/C7H13NO3/c1-3-5(7(10)11)8-6(9)4-2/h5H,3-4H2,1-2H3,(H,8,9)(H,10,11)/t5-/m0/s1. The second-order valence-electron chi connectivity index (χ2n) is 2.22. The summed E-state index contributed by atoms with van der Waals surface area (Å²) in [4.78, 5) is 21.1. The summed E-state index contributed by atoms with van der Waals surface area (Å²) in [5, 5.41) is 10.9. The molecule has 0 unspecified atom stereocenters. The predicted octanol–water partition coefficient (Wildman–Crippen LogP) is 0.376. The van der Waals surface area contributed by atoms with E-state index in [1.54, 1.807) is 13.8 Å². The first-order valence-corrected chi connectivity index (χ1v) is 3.64. The van der Waals surface area contributed by atoms with Crippen LogP contribution in [0.2, 0.25) is 0 Å². The normalized spacial score (nSPS) is 12.2. The first-order valence-electron chi connectivity index (χ1n) is 3.64. The van der Waals surface area contributed by atoms with Gasteiger partial charge in [0, 0.05) is 6.42 Å². The van der Waals surface area contributed by atoms with Crippen molar-refractivity contribution in [2.45, 2.75) is 32.7 Å². The summed E-state index contributed by atoms with van der Waals surface area (Å²) in [5.74, 6) is -1.20. The van der Waals surface area contributed by atoms with Gasteiger partial charge in [0.1, 0.15) is 6.04 Å². The number of aliphatic carboxylic acids is 1. The third-order valence-corrected chi connectivity index (χ3v) is 1.36. The highest BCUT2D eigenvalue weighted by molar-refractivity contribution is 5.83. The minimum atomic E-state index is -0.977. The highest BCUT2D eigenvalue weighted by Crippen LogP contribution is 1.91. The minimum absolute atomic E-state index is 0.223. The van der Waals surface area contributed by atoms with Crippen LogP contribution in [0.5, 0.6) is 0 Å². The summed E-state index contributed by atoms with van der Waals surface area (Å²) in [7, 11) is 0. The second kappa shape index (κ2) is 4.71. The topological polar surface area (TPSA) is 66.4 Å². The van der Waals surface area contributed by atoms with Crippen LogP contribution in [0, 0.1) is 0 Å². The van der Waals surface area contributed by atoms with Gasteiger partial charge in [0.25, 0.3) is 0 Å². The Hall–Kier alpha value is -1.06. The molecule has 0 aromatic heterocycles. The van der Waals surface area contributed by atoms with E-state index in [0.29, 0.717) is 12.8 Å². The van der Waals surface area contributed by atoms with Gasteiger partial charge in [-0.3, -0.25) is 4.79 Å². The van der Waals surface area contributed by atoms with Crippen molar-refractivity contribution in [2.24, 2.45) is 0 Å². The summed E-state index contributed by atoms with van der Waals surface area (Å²) >= 11 is 0. The highest BCUT2D eigenvalue weighted by atomic mass is 16.4. The molecule has 11 heavy (non-hydrogen) atoms. The summed E-state index contributed by atoms with van der Waals surface area (Å²) in [6, 6.07) is -0.734. The van der Waals surface area contributed by atoms with Gasteiger partial charge in [-0.25, -0.2) is 4.79 Å². The van der Waals surface area contributed by atoms with Gasteiger partial charge in [0.15, 0.2) is 0 Å². The predicted molar refractivity (Wildman–Crippen MR) is 40.1 cm³/mol. The van der Waals surface area contributed by atoms with Crippen LogP contribution in [-0.4, -0.2) is 23.0 Å². The van der Waals surface area contributed by atoms with E-state index in [1.165, 1.54) is 0 Å². The van der Waals surface area contributed by atoms with E-state index in [-0.39, 0.29) is 5.91 Å². The molecule has 4 heteroatoms. The summed E-state index contributed by atoms with van der Waals surface area (Å²) in [5.41, 5.74) is 0. The molecule has 64 valence electrons. The Bertz CT molecular complexity index is 156. The van der Waals surface area contributed by atoms with Crippen LogP contribution in [0.4, 0.5) is 0 Å². The maximum Gasteiger partial charge on any atom is 0.326 e. The van der Waals surface area contributed by atoms with Crippen LogP contribution < -0.4 is 5.32 Å². The molecule has 0 bridgehead atoms. The third-order valence-electron chi connectivity index (χ3n) is 1.36. The van der Waals surface area contributed by atoms with Gasteiger partial charge in [-0.1, -0.05) is 13.8 Å². The SMILES string of the molecule is CCC(=O)N[C@@H](CC)C(=O)O. The zero-order valence-electron chi connectivity index (χ0n) is 6.76. The van der Waals surface area contributed by atoms with Gasteiger partial charge < -0.3 is 10.4 Å². The van der Waals surface area contributed by atoms with Gasteiger partial charge in [-0.15, -0.1) is 0 Å². The average Bonchev–Trinajstić information content (AvgIpc) is 1.99. The molecule has 0 saturated heterocycles. The van der Waals surface area contributed by atoms with Gasteiger partial charge in [0.05, 0.1) is 0 Å². The zero-order valence-corrected chi connectivity index (χ0v) is 6.76. The first-order chi connectivity index (χ1) is 5.11. The van der Waals surface area contributed by atoms with Crippen LogP contribution in [0.15, 0.2) is 0 Å². The molecule has 0 aromatic rings. The number of hydrogen-bond acceptors (Lipinski definition) is 2. The Kier molecular flexibility index (Phi) is 4.26. The largest absolute Gasteiger partial charge is 0.480 e. The maximum absolute atomic E-state index is 10.7. The lowest BCUT2D eigenvalue weighted by molar-refractivity contribution is -0.141. The molecule has 0 fully saturated rings. The lowest BCUT2D eigenvalue weighted by atomic mass is 10.2. The van der Waals surface area contributed by atoms with Gasteiger partial charge in [-0.2, -0.15) is 0 Å². The Morgan fingerprint density at radius 3 is 2.27 bits per heavy atom. The van der Waals surface area contributed by atoms with Crippen molar-refractivity contribution >= 4 is 11.9 Å². The van der Waals surface area contributed by atoms with Crippen molar-refractivity contribution < 1.29 is 14.7 Å². The van der Waals surface area contributed by atoms with Crippen LogP contribution >= 0.6 is 0 Å². The van der Waals surface area contributed by atoms with Crippen molar-refractivity contribution in [3.05, 3.63) is 0 Å². The fraction of sp³-hybridized carbons (Fsp3) is 0.714. The van der Waals surface area contributed by atoms with Gasteiger partial charge in [-0.05, 0) is 6.42 Å². The number of carbonyl (C=O) groups excluding carboxylic acids is 1. The fourth-order valence-electron chi connectivity index (χ4n) is 0.635. The summed E-state index contributed by atoms with van der Waals surface area (Å²) in [6.07, 6.45) is 0.741. The van der Waals surface area contributed by atoms with Gasteiger partial charge in [0.2, 0.25) is 5.91 Å². The van der Waals surface area contributed by atoms with Crippen LogP contribution in [0.25, 0.3) is 0 Å². The molecule has 1 amide bonds. The molecule has 0 spiro atoms. The molecule has 4 nitrogen and oxygen atoms in total. The summed E-state index contributed by atoms with van der Waals surface area (Å²) < 4.78 is 0. The number of carboxylic acid groups (broad SMARTS) is 1. The molecule has 0 aliphatic heterocycles. The number of hydrogen-bond donors (Lipinski definition) is 2. The number of amides is 1.